The van der Waals surface area contributed by atoms with E-state index in [0.29, 0.717) is 10.1 Å². The van der Waals surface area contributed by atoms with E-state index >= 15 is 0 Å². The van der Waals surface area contributed by atoms with Crippen LogP contribution < -0.4 is 10.6 Å². The summed E-state index contributed by atoms with van der Waals surface area (Å²) in [6.45, 7) is 3.29. The number of carbonyl (C=O) groups is 1. The zero-order valence-corrected chi connectivity index (χ0v) is 23.4. The van der Waals surface area contributed by atoms with E-state index in [1.54, 1.807) is 6.07 Å². The summed E-state index contributed by atoms with van der Waals surface area (Å²) in [5.41, 5.74) is -0.456. The Balaban J connectivity index is 1.15. The largest absolute Gasteiger partial charge is 0.385 e. The van der Waals surface area contributed by atoms with Gasteiger partial charge in [-0.05, 0) is 84.4 Å². The van der Waals surface area contributed by atoms with Crippen LogP contribution >= 0.6 is 22.6 Å². The van der Waals surface area contributed by atoms with Gasteiger partial charge in [0.15, 0.2) is 11.6 Å². The van der Waals surface area contributed by atoms with E-state index < -0.39 is 34.6 Å². The molecule has 6 nitrogen and oxygen atoms in total. The molecule has 0 radical (unpaired) electrons. The summed E-state index contributed by atoms with van der Waals surface area (Å²) < 4.78 is 43.8. The highest BCUT2D eigenvalue weighted by Crippen LogP contribution is 2.32. The molecule has 206 valence electrons. The summed E-state index contributed by atoms with van der Waals surface area (Å²) in [5.74, 6) is -3.64. The molecular formula is C29H30F3IN4O2. The van der Waals surface area contributed by atoms with Crippen LogP contribution in [0.2, 0.25) is 0 Å². The first-order valence-corrected chi connectivity index (χ1v) is 14.0. The second kappa shape index (κ2) is 11.8. The number of benzene rings is 3. The maximum atomic E-state index is 14.7. The summed E-state index contributed by atoms with van der Waals surface area (Å²) in [6.07, 6.45) is 1.93. The Kier molecular flexibility index (Phi) is 8.46. The molecule has 0 saturated carbocycles. The Morgan fingerprint density at radius 1 is 1.00 bits per heavy atom. The van der Waals surface area contributed by atoms with Crippen LogP contribution in [0.25, 0.3) is 0 Å². The number of carbonyl (C=O) groups excluding carboxylic acids is 1. The van der Waals surface area contributed by atoms with Gasteiger partial charge in [0.2, 0.25) is 0 Å². The van der Waals surface area contributed by atoms with E-state index in [1.165, 1.54) is 28.7 Å². The number of halogens is 4. The fourth-order valence-electron chi connectivity index (χ4n) is 5.14. The monoisotopic (exact) mass is 650 g/mol. The molecule has 2 saturated heterocycles. The van der Waals surface area contributed by atoms with E-state index in [9.17, 15) is 23.1 Å². The summed E-state index contributed by atoms with van der Waals surface area (Å²) >= 11 is 1.94. The Labute approximate surface area is 239 Å². The van der Waals surface area contributed by atoms with Crippen LogP contribution in [0.1, 0.15) is 28.8 Å². The molecule has 2 heterocycles. The second-order valence-corrected chi connectivity index (χ2v) is 11.6. The van der Waals surface area contributed by atoms with Gasteiger partial charge in [0.05, 0.1) is 30.0 Å². The van der Waals surface area contributed by atoms with Gasteiger partial charge in [0.25, 0.3) is 5.91 Å². The highest BCUT2D eigenvalue weighted by Gasteiger charge is 2.44. The maximum Gasteiger partial charge on any atom is 0.256 e. The second-order valence-electron chi connectivity index (χ2n) is 10.3. The molecule has 3 aromatic rings. The molecule has 0 bridgehead atoms. The molecule has 3 N–H and O–H groups in total. The van der Waals surface area contributed by atoms with Gasteiger partial charge < -0.3 is 20.6 Å². The van der Waals surface area contributed by atoms with Crippen LogP contribution in [0.4, 0.5) is 24.5 Å². The van der Waals surface area contributed by atoms with Crippen LogP contribution in [-0.2, 0) is 6.54 Å². The fourth-order valence-corrected chi connectivity index (χ4v) is 5.59. The first-order valence-electron chi connectivity index (χ1n) is 12.9. The van der Waals surface area contributed by atoms with Crippen molar-refractivity contribution in [2.24, 2.45) is 0 Å². The number of β-amino-alcohol motifs (C(OH)–C–C–N with tert-alkyl or cyclic N) is 1. The zero-order valence-electron chi connectivity index (χ0n) is 21.3. The van der Waals surface area contributed by atoms with Gasteiger partial charge in [0, 0.05) is 22.7 Å². The van der Waals surface area contributed by atoms with Gasteiger partial charge in [-0.1, -0.05) is 30.3 Å². The minimum absolute atomic E-state index is 0.0576. The van der Waals surface area contributed by atoms with Crippen molar-refractivity contribution < 1.29 is 23.1 Å². The van der Waals surface area contributed by atoms with Crippen molar-refractivity contribution in [3.8, 4) is 0 Å². The molecule has 39 heavy (non-hydrogen) atoms. The van der Waals surface area contributed by atoms with E-state index in [4.69, 9.17) is 0 Å². The van der Waals surface area contributed by atoms with Gasteiger partial charge in [-0.15, -0.1) is 0 Å². The smallest absolute Gasteiger partial charge is 0.256 e. The molecule has 5 rings (SSSR count). The summed E-state index contributed by atoms with van der Waals surface area (Å²) in [4.78, 5) is 17.0. The average molecular weight is 650 g/mol. The maximum absolute atomic E-state index is 14.7. The number of piperidine rings is 1. The van der Waals surface area contributed by atoms with E-state index in [-0.39, 0.29) is 30.4 Å². The van der Waals surface area contributed by atoms with Crippen LogP contribution in [-0.4, -0.2) is 65.2 Å². The number of hydrogen-bond acceptors (Lipinski definition) is 5. The molecular weight excluding hydrogens is 620 g/mol. The molecule has 10 heteroatoms. The number of hydrogen-bond donors (Lipinski definition) is 3. The molecule has 2 aliphatic heterocycles. The number of rotatable bonds is 8. The Morgan fingerprint density at radius 3 is 2.41 bits per heavy atom. The molecule has 0 aromatic heterocycles. The van der Waals surface area contributed by atoms with Gasteiger partial charge in [-0.3, -0.25) is 9.69 Å². The number of nitrogens with zero attached hydrogens (tertiary/aromatic N) is 2. The average Bonchev–Trinajstić information content (AvgIpc) is 2.91. The van der Waals surface area contributed by atoms with Crippen molar-refractivity contribution in [3.63, 3.8) is 0 Å². The molecule has 2 aliphatic rings. The van der Waals surface area contributed by atoms with Crippen molar-refractivity contribution in [2.75, 3.05) is 38.0 Å². The van der Waals surface area contributed by atoms with Gasteiger partial charge in [-0.2, -0.15) is 0 Å². The van der Waals surface area contributed by atoms with Gasteiger partial charge in [0.1, 0.15) is 11.4 Å². The van der Waals surface area contributed by atoms with Crippen LogP contribution in [0.15, 0.2) is 60.7 Å². The lowest BCUT2D eigenvalue weighted by molar-refractivity contribution is -0.0805. The molecule has 0 spiro atoms. The molecule has 0 atom stereocenters. The minimum atomic E-state index is -1.27. The molecule has 0 unspecified atom stereocenters. The third-order valence-electron chi connectivity index (χ3n) is 7.33. The van der Waals surface area contributed by atoms with Crippen molar-refractivity contribution in [3.05, 3.63) is 92.8 Å². The number of anilines is 2. The first-order chi connectivity index (χ1) is 18.7. The van der Waals surface area contributed by atoms with Crippen LogP contribution in [0.5, 0.6) is 0 Å². The molecule has 0 aliphatic carbocycles. The van der Waals surface area contributed by atoms with Crippen molar-refractivity contribution in [2.45, 2.75) is 31.0 Å². The van der Waals surface area contributed by atoms with Crippen LogP contribution in [0.3, 0.4) is 0 Å². The number of nitrogens with one attached hydrogen (secondary N) is 2. The zero-order chi connectivity index (χ0) is 27.6. The third-order valence-corrected chi connectivity index (χ3v) is 8.00. The quantitative estimate of drug-likeness (QED) is 0.303. The number of likely N-dealkylation sites (tertiary alicyclic amines) is 2. The van der Waals surface area contributed by atoms with Crippen molar-refractivity contribution in [1.29, 1.82) is 0 Å². The predicted molar refractivity (Wildman–Crippen MR) is 152 cm³/mol. The Bertz CT molecular complexity index is 1330. The van der Waals surface area contributed by atoms with Crippen molar-refractivity contribution >= 4 is 39.9 Å². The fraction of sp³-hybridized carbons (Fsp3) is 0.345. The molecule has 1 amide bonds. The Hall–Kier alpha value is -2.67. The summed E-state index contributed by atoms with van der Waals surface area (Å²) in [5, 5.41) is 16.9. The van der Waals surface area contributed by atoms with Gasteiger partial charge >= 0.3 is 0 Å². The number of aliphatic hydroxyl groups is 1. The normalized spacial score (nSPS) is 17.6. The summed E-state index contributed by atoms with van der Waals surface area (Å²) in [7, 11) is 0. The lowest BCUT2D eigenvalue weighted by Crippen LogP contribution is -2.68. The van der Waals surface area contributed by atoms with E-state index in [2.05, 4.69) is 27.7 Å². The van der Waals surface area contributed by atoms with Crippen molar-refractivity contribution in [1.82, 2.24) is 15.1 Å². The van der Waals surface area contributed by atoms with E-state index in [1.807, 2.05) is 40.8 Å². The SMILES string of the molecule is O=C(c1ccc(F)c(F)c1Nc1ccc(I)cc1F)N1CC(O)(CNC2CCN(Cc3ccccc3)CC2)C1. The minimum Gasteiger partial charge on any atom is -0.385 e. The number of amides is 1. The van der Waals surface area contributed by atoms with Crippen LogP contribution in [0, 0.1) is 21.0 Å². The van der Waals surface area contributed by atoms with E-state index in [0.717, 1.165) is 38.5 Å². The highest BCUT2D eigenvalue weighted by atomic mass is 127. The predicted octanol–water partition coefficient (Wildman–Crippen LogP) is 4.89. The first kappa shape index (κ1) is 27.9. The topological polar surface area (TPSA) is 67.8 Å². The standard InChI is InChI=1S/C29H30F3IN4O2/c30-23-8-7-22(27(26(23)32)35-25-9-6-20(33)14-24(25)31)28(38)37-17-29(39,18-37)16-34-21-10-12-36(13-11-21)15-19-4-2-1-3-5-19/h1-9,14,21,34-35,39H,10-13,15-18H2. The molecule has 2 fully saturated rings. The summed E-state index contributed by atoms with van der Waals surface area (Å²) in [6, 6.07) is 16.9. The Morgan fingerprint density at radius 2 is 1.72 bits per heavy atom. The highest BCUT2D eigenvalue weighted by molar-refractivity contribution is 14.1. The lowest BCUT2D eigenvalue weighted by atomic mass is 9.92. The third kappa shape index (κ3) is 6.56. The lowest BCUT2D eigenvalue weighted by Gasteiger charge is -2.47. The molecule has 3 aromatic carbocycles. The van der Waals surface area contributed by atoms with Gasteiger partial charge in [-0.25, -0.2) is 13.2 Å².